The SMILES string of the molecule is COC(=O)c1cc2c(O)c(C)ccc2[nH]1. The van der Waals surface area contributed by atoms with Crippen molar-refractivity contribution in [3.8, 4) is 5.75 Å². The number of rotatable bonds is 1. The van der Waals surface area contributed by atoms with Crippen LogP contribution in [0.4, 0.5) is 0 Å². The van der Waals surface area contributed by atoms with Crippen molar-refractivity contribution in [3.05, 3.63) is 29.5 Å². The number of aryl methyl sites for hydroxylation is 1. The number of hydrogen-bond acceptors (Lipinski definition) is 3. The maximum Gasteiger partial charge on any atom is 0.354 e. The zero-order chi connectivity index (χ0) is 11.0. The Kier molecular flexibility index (Phi) is 2.11. The number of carbonyl (C=O) groups is 1. The van der Waals surface area contributed by atoms with Crippen molar-refractivity contribution < 1.29 is 14.6 Å². The molecule has 78 valence electrons. The first-order valence-electron chi connectivity index (χ1n) is 4.53. The van der Waals surface area contributed by atoms with E-state index in [9.17, 15) is 9.90 Å². The number of esters is 1. The first kappa shape index (κ1) is 9.58. The number of phenols is 1. The molecule has 0 saturated carbocycles. The predicted molar refractivity (Wildman–Crippen MR) is 56.0 cm³/mol. The van der Waals surface area contributed by atoms with Crippen LogP contribution in [0.1, 0.15) is 16.1 Å². The van der Waals surface area contributed by atoms with E-state index in [4.69, 9.17) is 0 Å². The lowest BCUT2D eigenvalue weighted by molar-refractivity contribution is 0.0595. The van der Waals surface area contributed by atoms with Crippen LogP contribution in [0.2, 0.25) is 0 Å². The molecule has 2 N–H and O–H groups in total. The van der Waals surface area contributed by atoms with Gasteiger partial charge in [0.1, 0.15) is 11.4 Å². The predicted octanol–water partition coefficient (Wildman–Crippen LogP) is 1.97. The van der Waals surface area contributed by atoms with Crippen molar-refractivity contribution in [2.45, 2.75) is 6.92 Å². The van der Waals surface area contributed by atoms with Gasteiger partial charge in [0.25, 0.3) is 0 Å². The smallest absolute Gasteiger partial charge is 0.354 e. The lowest BCUT2D eigenvalue weighted by Gasteiger charge is -1.97. The number of methoxy groups -OCH3 is 1. The number of carbonyl (C=O) groups excluding carboxylic acids is 1. The van der Waals surface area contributed by atoms with Gasteiger partial charge in [0, 0.05) is 10.9 Å². The Morgan fingerprint density at radius 3 is 2.87 bits per heavy atom. The van der Waals surface area contributed by atoms with Crippen LogP contribution in [0.3, 0.4) is 0 Å². The van der Waals surface area contributed by atoms with Gasteiger partial charge >= 0.3 is 5.97 Å². The van der Waals surface area contributed by atoms with E-state index in [0.717, 1.165) is 11.1 Å². The number of aromatic hydroxyl groups is 1. The van der Waals surface area contributed by atoms with Gasteiger partial charge in [-0.3, -0.25) is 0 Å². The number of aromatic amines is 1. The summed E-state index contributed by atoms with van der Waals surface area (Å²) in [7, 11) is 1.32. The van der Waals surface area contributed by atoms with Crippen molar-refractivity contribution in [2.75, 3.05) is 7.11 Å². The first-order valence-corrected chi connectivity index (χ1v) is 4.53. The van der Waals surface area contributed by atoms with Gasteiger partial charge in [0.15, 0.2) is 0 Å². The molecule has 0 fully saturated rings. The molecule has 4 heteroatoms. The highest BCUT2D eigenvalue weighted by Crippen LogP contribution is 2.28. The highest BCUT2D eigenvalue weighted by atomic mass is 16.5. The summed E-state index contributed by atoms with van der Waals surface area (Å²) in [6.07, 6.45) is 0. The molecule has 0 atom stereocenters. The third-order valence-electron chi connectivity index (χ3n) is 2.38. The minimum atomic E-state index is -0.441. The summed E-state index contributed by atoms with van der Waals surface area (Å²) in [4.78, 5) is 14.1. The average molecular weight is 205 g/mol. The molecule has 1 heterocycles. The Bertz CT molecular complexity index is 528. The quantitative estimate of drug-likeness (QED) is 0.699. The molecule has 4 nitrogen and oxygen atoms in total. The molecule has 0 amide bonds. The summed E-state index contributed by atoms with van der Waals surface area (Å²) < 4.78 is 4.58. The Morgan fingerprint density at radius 2 is 2.20 bits per heavy atom. The van der Waals surface area contributed by atoms with Crippen molar-refractivity contribution in [3.63, 3.8) is 0 Å². The summed E-state index contributed by atoms with van der Waals surface area (Å²) in [6, 6.07) is 5.19. The van der Waals surface area contributed by atoms with Crippen molar-refractivity contribution >= 4 is 16.9 Å². The third-order valence-corrected chi connectivity index (χ3v) is 2.38. The monoisotopic (exact) mass is 205 g/mol. The van der Waals surface area contributed by atoms with Gasteiger partial charge in [-0.15, -0.1) is 0 Å². The van der Waals surface area contributed by atoms with Crippen LogP contribution in [-0.2, 0) is 4.74 Å². The maximum atomic E-state index is 11.2. The van der Waals surface area contributed by atoms with E-state index < -0.39 is 5.97 Å². The fourth-order valence-corrected chi connectivity index (χ4v) is 1.52. The molecular formula is C11H11NO3. The highest BCUT2D eigenvalue weighted by molar-refractivity contribution is 5.97. The average Bonchev–Trinajstić information content (AvgIpc) is 2.67. The van der Waals surface area contributed by atoms with Crippen molar-refractivity contribution in [2.24, 2.45) is 0 Å². The molecule has 2 aromatic rings. The highest BCUT2D eigenvalue weighted by Gasteiger charge is 2.12. The molecule has 1 aromatic carbocycles. The van der Waals surface area contributed by atoms with Crippen LogP contribution < -0.4 is 0 Å². The number of H-pyrrole nitrogens is 1. The Hall–Kier alpha value is -1.97. The number of nitrogens with one attached hydrogen (secondary N) is 1. The number of ether oxygens (including phenoxy) is 1. The van der Waals surface area contributed by atoms with Gasteiger partial charge in [-0.1, -0.05) is 6.07 Å². The number of hydrogen-bond donors (Lipinski definition) is 2. The molecule has 1 aromatic heterocycles. The fourth-order valence-electron chi connectivity index (χ4n) is 1.52. The number of aromatic nitrogens is 1. The lowest BCUT2D eigenvalue weighted by Crippen LogP contribution is -2.00. The standard InChI is InChI=1S/C11H11NO3/c1-6-3-4-8-7(10(6)13)5-9(12-8)11(14)15-2/h3-5,12-13H,1-2H3. The fraction of sp³-hybridized carbons (Fsp3) is 0.182. The minimum Gasteiger partial charge on any atom is -0.507 e. The van der Waals surface area contributed by atoms with Crippen LogP contribution in [0.25, 0.3) is 10.9 Å². The molecule has 0 spiro atoms. The zero-order valence-corrected chi connectivity index (χ0v) is 8.50. The Morgan fingerprint density at radius 1 is 1.47 bits per heavy atom. The maximum absolute atomic E-state index is 11.2. The molecule has 0 bridgehead atoms. The second kappa shape index (κ2) is 3.31. The summed E-state index contributed by atoms with van der Waals surface area (Å²) in [6.45, 7) is 1.81. The second-order valence-corrected chi connectivity index (χ2v) is 3.37. The van der Waals surface area contributed by atoms with E-state index in [1.165, 1.54) is 7.11 Å². The van der Waals surface area contributed by atoms with Gasteiger partial charge in [-0.05, 0) is 24.6 Å². The molecule has 0 aliphatic heterocycles. The minimum absolute atomic E-state index is 0.193. The molecule has 0 saturated heterocycles. The van der Waals surface area contributed by atoms with E-state index in [2.05, 4.69) is 9.72 Å². The Balaban J connectivity index is 2.66. The zero-order valence-electron chi connectivity index (χ0n) is 8.50. The largest absolute Gasteiger partial charge is 0.507 e. The van der Waals surface area contributed by atoms with Crippen LogP contribution in [0, 0.1) is 6.92 Å². The van der Waals surface area contributed by atoms with E-state index >= 15 is 0 Å². The second-order valence-electron chi connectivity index (χ2n) is 3.37. The first-order chi connectivity index (χ1) is 7.13. The van der Waals surface area contributed by atoms with Gasteiger partial charge in [-0.25, -0.2) is 4.79 Å². The topological polar surface area (TPSA) is 62.3 Å². The third kappa shape index (κ3) is 1.44. The van der Waals surface area contributed by atoms with Crippen LogP contribution >= 0.6 is 0 Å². The van der Waals surface area contributed by atoms with Gasteiger partial charge in [0.05, 0.1) is 7.11 Å². The molecule has 0 unspecified atom stereocenters. The van der Waals surface area contributed by atoms with Gasteiger partial charge < -0.3 is 14.8 Å². The van der Waals surface area contributed by atoms with Crippen LogP contribution in [-0.4, -0.2) is 23.2 Å². The van der Waals surface area contributed by atoms with Gasteiger partial charge in [0.2, 0.25) is 0 Å². The lowest BCUT2D eigenvalue weighted by atomic mass is 10.1. The summed E-state index contributed by atoms with van der Waals surface area (Å²) in [5, 5.41) is 10.4. The van der Waals surface area contributed by atoms with Crippen molar-refractivity contribution in [1.82, 2.24) is 4.98 Å². The molecule has 15 heavy (non-hydrogen) atoms. The van der Waals surface area contributed by atoms with E-state index in [1.807, 2.05) is 6.07 Å². The molecule has 0 aliphatic carbocycles. The summed E-state index contributed by atoms with van der Waals surface area (Å²) in [5.41, 5.74) is 1.84. The number of fused-ring (bicyclic) bond motifs is 1. The van der Waals surface area contributed by atoms with E-state index in [1.54, 1.807) is 19.1 Å². The molecule has 2 rings (SSSR count). The number of phenolic OH excluding ortho intramolecular Hbond substituents is 1. The summed E-state index contributed by atoms with van der Waals surface area (Å²) >= 11 is 0. The van der Waals surface area contributed by atoms with E-state index in [-0.39, 0.29) is 5.75 Å². The molecular weight excluding hydrogens is 194 g/mol. The van der Waals surface area contributed by atoms with E-state index in [0.29, 0.717) is 11.1 Å². The van der Waals surface area contributed by atoms with Crippen LogP contribution in [0.5, 0.6) is 5.75 Å². The van der Waals surface area contributed by atoms with Crippen molar-refractivity contribution in [1.29, 1.82) is 0 Å². The molecule has 0 aliphatic rings. The Labute approximate surface area is 86.5 Å². The normalized spacial score (nSPS) is 10.5. The summed E-state index contributed by atoms with van der Waals surface area (Å²) in [5.74, 6) is -0.248. The van der Waals surface area contributed by atoms with Crippen LogP contribution in [0.15, 0.2) is 18.2 Å². The molecule has 0 radical (unpaired) electrons. The van der Waals surface area contributed by atoms with Gasteiger partial charge in [-0.2, -0.15) is 0 Å². The number of benzene rings is 1.